The maximum atomic E-state index is 6.20. The van der Waals surface area contributed by atoms with E-state index in [4.69, 9.17) is 9.72 Å². The average Bonchev–Trinajstić information content (AvgIpc) is 3.14. The van der Waals surface area contributed by atoms with E-state index in [-0.39, 0.29) is 0 Å². The van der Waals surface area contributed by atoms with E-state index in [1.165, 1.54) is 11.3 Å². The molecule has 1 aromatic carbocycles. The Morgan fingerprint density at radius 3 is 2.43 bits per heavy atom. The van der Waals surface area contributed by atoms with E-state index in [2.05, 4.69) is 15.3 Å². The van der Waals surface area contributed by atoms with Gasteiger partial charge in [-0.3, -0.25) is 0 Å². The predicted molar refractivity (Wildman–Crippen MR) is 114 cm³/mol. The third kappa shape index (κ3) is 4.10. The Hall–Kier alpha value is -3.45. The second kappa shape index (κ2) is 8.06. The number of thiazole rings is 1. The van der Waals surface area contributed by atoms with E-state index in [9.17, 15) is 0 Å². The number of benzene rings is 1. The Bertz CT molecular complexity index is 1050. The number of rotatable bonds is 6. The van der Waals surface area contributed by atoms with Gasteiger partial charge in [0.1, 0.15) is 23.1 Å². The molecule has 6 nitrogen and oxygen atoms in total. The molecule has 1 N–H and O–H groups in total. The normalized spacial score (nSPS) is 10.5. The monoisotopic (exact) mass is 389 g/mol. The quantitative estimate of drug-likeness (QED) is 0.489. The van der Waals surface area contributed by atoms with Gasteiger partial charge in [-0.25, -0.2) is 15.0 Å². The first kappa shape index (κ1) is 17.9. The largest absolute Gasteiger partial charge is 0.444 e. The van der Waals surface area contributed by atoms with Crippen LogP contribution in [0.3, 0.4) is 0 Å². The van der Waals surface area contributed by atoms with Gasteiger partial charge in [0.2, 0.25) is 5.06 Å². The molecule has 0 radical (unpaired) electrons. The van der Waals surface area contributed by atoms with Crippen LogP contribution in [0.1, 0.15) is 0 Å². The summed E-state index contributed by atoms with van der Waals surface area (Å²) in [7, 11) is 3.94. The van der Waals surface area contributed by atoms with Gasteiger partial charge in [-0.1, -0.05) is 47.7 Å². The van der Waals surface area contributed by atoms with Crippen molar-refractivity contribution < 1.29 is 4.74 Å². The molecular formula is C21H19N5OS. The van der Waals surface area contributed by atoms with Crippen LogP contribution in [-0.2, 0) is 0 Å². The molecule has 0 saturated heterocycles. The summed E-state index contributed by atoms with van der Waals surface area (Å²) >= 11 is 1.51. The molecule has 140 valence electrons. The Balaban J connectivity index is 1.63. The molecule has 0 aliphatic rings. The minimum absolute atomic E-state index is 0.662. The molecule has 0 aliphatic heterocycles. The van der Waals surface area contributed by atoms with Crippen LogP contribution in [0.25, 0.3) is 11.3 Å². The van der Waals surface area contributed by atoms with Crippen LogP contribution in [0.5, 0.6) is 10.8 Å². The molecule has 3 heterocycles. The molecule has 28 heavy (non-hydrogen) atoms. The number of ether oxygens (including phenoxy) is 1. The lowest BCUT2D eigenvalue weighted by molar-refractivity contribution is 0.496. The first-order valence-corrected chi connectivity index (χ1v) is 9.56. The third-order valence-electron chi connectivity index (χ3n) is 3.88. The van der Waals surface area contributed by atoms with Gasteiger partial charge < -0.3 is 15.0 Å². The van der Waals surface area contributed by atoms with E-state index < -0.39 is 0 Å². The summed E-state index contributed by atoms with van der Waals surface area (Å²) in [4.78, 5) is 15.3. The van der Waals surface area contributed by atoms with E-state index >= 15 is 0 Å². The van der Waals surface area contributed by atoms with Crippen molar-refractivity contribution in [3.8, 4) is 22.1 Å². The van der Waals surface area contributed by atoms with Crippen LogP contribution < -0.4 is 15.0 Å². The summed E-state index contributed by atoms with van der Waals surface area (Å²) in [5.74, 6) is 2.07. The summed E-state index contributed by atoms with van der Waals surface area (Å²) < 4.78 is 6.20. The number of hydrogen-bond donors (Lipinski definition) is 1. The van der Waals surface area contributed by atoms with Crippen LogP contribution in [0.2, 0.25) is 0 Å². The molecule has 7 heteroatoms. The fourth-order valence-electron chi connectivity index (χ4n) is 2.55. The molecule has 4 aromatic rings. The smallest absolute Gasteiger partial charge is 0.210 e. The summed E-state index contributed by atoms with van der Waals surface area (Å²) in [6.07, 6.45) is 3.44. The number of anilines is 3. The van der Waals surface area contributed by atoms with E-state index in [0.717, 1.165) is 27.3 Å². The van der Waals surface area contributed by atoms with E-state index in [1.54, 1.807) is 12.4 Å². The molecule has 0 atom stereocenters. The zero-order valence-electron chi connectivity index (χ0n) is 15.5. The van der Waals surface area contributed by atoms with Crippen molar-refractivity contribution >= 4 is 28.1 Å². The summed E-state index contributed by atoms with van der Waals surface area (Å²) in [6, 6.07) is 19.4. The van der Waals surface area contributed by atoms with Gasteiger partial charge in [0.25, 0.3) is 0 Å². The fourth-order valence-corrected chi connectivity index (χ4v) is 3.44. The lowest BCUT2D eigenvalue weighted by Gasteiger charge is -2.08. The average molecular weight is 389 g/mol. The maximum Gasteiger partial charge on any atom is 0.210 e. The Morgan fingerprint density at radius 2 is 1.68 bits per heavy atom. The van der Waals surface area contributed by atoms with Crippen LogP contribution in [-0.4, -0.2) is 29.0 Å². The predicted octanol–water partition coefficient (Wildman–Crippen LogP) is 5.20. The van der Waals surface area contributed by atoms with E-state index in [0.29, 0.717) is 11.6 Å². The van der Waals surface area contributed by atoms with Crippen molar-refractivity contribution in [2.75, 3.05) is 24.3 Å². The van der Waals surface area contributed by atoms with Gasteiger partial charge in [-0.15, -0.1) is 0 Å². The highest BCUT2D eigenvalue weighted by molar-refractivity contribution is 7.17. The van der Waals surface area contributed by atoms with Gasteiger partial charge >= 0.3 is 0 Å². The van der Waals surface area contributed by atoms with Crippen LogP contribution >= 0.6 is 11.3 Å². The second-order valence-electron chi connectivity index (χ2n) is 6.21. The zero-order valence-corrected chi connectivity index (χ0v) is 16.4. The topological polar surface area (TPSA) is 63.2 Å². The zero-order chi connectivity index (χ0) is 19.3. The first-order valence-electron chi connectivity index (χ1n) is 8.74. The summed E-state index contributed by atoms with van der Waals surface area (Å²) in [5.41, 5.74) is 1.84. The van der Waals surface area contributed by atoms with Crippen LogP contribution in [0.15, 0.2) is 73.1 Å². The molecule has 4 rings (SSSR count). The number of nitrogens with one attached hydrogen (secondary N) is 1. The molecular weight excluding hydrogens is 370 g/mol. The Labute approximate surface area is 167 Å². The molecule has 0 bridgehead atoms. The first-order chi connectivity index (χ1) is 13.7. The highest BCUT2D eigenvalue weighted by atomic mass is 32.1. The Morgan fingerprint density at radius 1 is 0.893 bits per heavy atom. The summed E-state index contributed by atoms with van der Waals surface area (Å²) in [5, 5.41) is 4.80. The van der Waals surface area contributed by atoms with Crippen molar-refractivity contribution in [3.63, 3.8) is 0 Å². The maximum absolute atomic E-state index is 6.20. The van der Waals surface area contributed by atoms with Crippen LogP contribution in [0, 0.1) is 0 Å². The van der Waals surface area contributed by atoms with Crippen molar-refractivity contribution in [2.45, 2.75) is 0 Å². The minimum Gasteiger partial charge on any atom is -0.444 e. The molecule has 0 unspecified atom stereocenters. The highest BCUT2D eigenvalue weighted by Crippen LogP contribution is 2.41. The van der Waals surface area contributed by atoms with E-state index in [1.807, 2.05) is 79.7 Å². The Kier molecular flexibility index (Phi) is 5.16. The number of hydrogen-bond acceptors (Lipinski definition) is 7. The van der Waals surface area contributed by atoms with Gasteiger partial charge in [-0.05, 0) is 18.2 Å². The van der Waals surface area contributed by atoms with Crippen molar-refractivity contribution in [1.82, 2.24) is 15.0 Å². The second-order valence-corrected chi connectivity index (χ2v) is 7.15. The lowest BCUT2D eigenvalue weighted by Crippen LogP contribution is -2.07. The van der Waals surface area contributed by atoms with Gasteiger partial charge in [0.15, 0.2) is 5.13 Å². The molecule has 0 spiro atoms. The number of nitrogens with zero attached hydrogens (tertiary/aromatic N) is 4. The standard InChI is InChI=1S/C21H19N5OS/c1-26(2)21-25-19(15-8-4-3-5-9-15)20(28-21)27-16-11-13-23-18(14-16)24-17-10-6-7-12-22-17/h3-14H,1-2H3,(H,22,23,24). The van der Waals surface area contributed by atoms with Crippen LogP contribution in [0.4, 0.5) is 16.8 Å². The number of pyridine rings is 2. The highest BCUT2D eigenvalue weighted by Gasteiger charge is 2.16. The third-order valence-corrected chi connectivity index (χ3v) is 4.98. The van der Waals surface area contributed by atoms with Gasteiger partial charge in [0.05, 0.1) is 0 Å². The van der Waals surface area contributed by atoms with Gasteiger partial charge in [-0.2, -0.15) is 0 Å². The van der Waals surface area contributed by atoms with Crippen molar-refractivity contribution in [1.29, 1.82) is 0 Å². The van der Waals surface area contributed by atoms with Crippen molar-refractivity contribution in [3.05, 3.63) is 73.1 Å². The minimum atomic E-state index is 0.662. The molecule has 3 aromatic heterocycles. The fraction of sp³-hybridized carbons (Fsp3) is 0.0952. The van der Waals surface area contributed by atoms with Crippen molar-refractivity contribution in [2.24, 2.45) is 0 Å². The molecule has 0 aliphatic carbocycles. The molecule has 0 amide bonds. The summed E-state index contributed by atoms with van der Waals surface area (Å²) in [6.45, 7) is 0. The lowest BCUT2D eigenvalue weighted by atomic mass is 10.2. The SMILES string of the molecule is CN(C)c1nc(-c2ccccc2)c(Oc2ccnc(Nc3ccccn3)c2)s1. The number of aromatic nitrogens is 3. The molecule has 0 fully saturated rings. The molecule has 0 saturated carbocycles. The van der Waals surface area contributed by atoms with Gasteiger partial charge in [0, 0.05) is 38.1 Å².